The molecule has 0 unspecified atom stereocenters. The van der Waals surface area contributed by atoms with E-state index in [0.717, 1.165) is 16.7 Å². The summed E-state index contributed by atoms with van der Waals surface area (Å²) in [6.07, 6.45) is 10.6. The van der Waals surface area contributed by atoms with Gasteiger partial charge in [0.15, 0.2) is 0 Å². The van der Waals surface area contributed by atoms with Gasteiger partial charge in [-0.3, -0.25) is 9.69 Å². The van der Waals surface area contributed by atoms with Crippen LogP contribution in [0.3, 0.4) is 0 Å². The van der Waals surface area contributed by atoms with E-state index in [4.69, 9.17) is 4.74 Å². The molecule has 2 aromatic heterocycles. The second-order valence-corrected chi connectivity index (χ2v) is 9.43. The topological polar surface area (TPSA) is 91.7 Å². The largest absolute Gasteiger partial charge is 0.472 e. The summed E-state index contributed by atoms with van der Waals surface area (Å²) < 4.78 is 6.39. The van der Waals surface area contributed by atoms with Gasteiger partial charge in [0.05, 0.1) is 12.6 Å². The van der Waals surface area contributed by atoms with Crippen LogP contribution < -0.4 is 4.74 Å². The minimum Gasteiger partial charge on any atom is -0.472 e. The fraction of sp³-hybridized carbons (Fsp3) is 0.357. The van der Waals surface area contributed by atoms with Crippen LogP contribution in [0, 0.1) is 5.92 Å². The normalized spacial score (nSPS) is 19.0. The van der Waals surface area contributed by atoms with E-state index >= 15 is 0 Å². The van der Waals surface area contributed by atoms with Crippen molar-refractivity contribution in [2.75, 3.05) is 26.7 Å². The number of carbonyl (C=O) groups is 1. The van der Waals surface area contributed by atoms with Gasteiger partial charge in [-0.25, -0.2) is 15.0 Å². The van der Waals surface area contributed by atoms with E-state index in [1.807, 2.05) is 62.5 Å². The minimum atomic E-state index is -0.325. The van der Waals surface area contributed by atoms with E-state index in [1.54, 1.807) is 23.5 Å². The van der Waals surface area contributed by atoms with Crippen LogP contribution in [0.1, 0.15) is 40.9 Å². The molecule has 1 aliphatic heterocycles. The van der Waals surface area contributed by atoms with E-state index in [9.17, 15) is 9.90 Å². The van der Waals surface area contributed by atoms with Crippen LogP contribution in [0.5, 0.6) is 5.88 Å². The van der Waals surface area contributed by atoms with Gasteiger partial charge in [-0.15, -0.1) is 0 Å². The predicted molar refractivity (Wildman–Crippen MR) is 139 cm³/mol. The molecule has 36 heavy (non-hydrogen) atoms. The molecule has 0 saturated heterocycles. The number of pyridine rings is 1. The first-order valence-corrected chi connectivity index (χ1v) is 12.2. The third-order valence-electron chi connectivity index (χ3n) is 6.37. The van der Waals surface area contributed by atoms with Crippen LogP contribution >= 0.6 is 0 Å². The average molecular weight is 488 g/mol. The summed E-state index contributed by atoms with van der Waals surface area (Å²) in [4.78, 5) is 30.2. The molecule has 8 heteroatoms. The first-order valence-electron chi connectivity index (χ1n) is 12.2. The summed E-state index contributed by atoms with van der Waals surface area (Å²) >= 11 is 0. The Morgan fingerprint density at radius 1 is 1.17 bits per heavy atom. The highest BCUT2D eigenvalue weighted by molar-refractivity contribution is 5.97. The molecule has 1 amide bonds. The van der Waals surface area contributed by atoms with Crippen molar-refractivity contribution in [2.24, 2.45) is 5.92 Å². The van der Waals surface area contributed by atoms with Crippen LogP contribution in [0.25, 0.3) is 12.2 Å². The fourth-order valence-electron chi connectivity index (χ4n) is 4.28. The van der Waals surface area contributed by atoms with Crippen LogP contribution in [0.15, 0.2) is 61.3 Å². The maximum Gasteiger partial charge on any atom is 0.259 e. The van der Waals surface area contributed by atoms with Gasteiger partial charge in [0, 0.05) is 49.7 Å². The molecule has 0 bridgehead atoms. The van der Waals surface area contributed by atoms with Gasteiger partial charge in [-0.1, -0.05) is 49.4 Å². The minimum absolute atomic E-state index is 0.0185. The molecule has 0 fully saturated rings. The lowest BCUT2D eigenvalue weighted by Gasteiger charge is -2.37. The lowest BCUT2D eigenvalue weighted by atomic mass is 9.99. The number of benzene rings is 1. The third-order valence-corrected chi connectivity index (χ3v) is 6.37. The third kappa shape index (κ3) is 6.33. The monoisotopic (exact) mass is 487 g/mol. The van der Waals surface area contributed by atoms with Gasteiger partial charge in [0.2, 0.25) is 5.88 Å². The number of ether oxygens (including phenoxy) is 1. The molecule has 0 aliphatic carbocycles. The summed E-state index contributed by atoms with van der Waals surface area (Å²) in [7, 11) is 2.02. The molecule has 0 radical (unpaired) electrons. The van der Waals surface area contributed by atoms with E-state index in [2.05, 4.69) is 26.8 Å². The molecule has 3 heterocycles. The fourth-order valence-corrected chi connectivity index (χ4v) is 4.28. The molecule has 4 rings (SSSR count). The SMILES string of the molecule is C[C@@H]1CN([C@@H](C)CO)C(=O)c2cc(/C=C/c3ccccc3)cnc2O[C@@H]1CN(C)Cc1cncnc1. The summed E-state index contributed by atoms with van der Waals surface area (Å²) in [6.45, 7) is 5.58. The quantitative estimate of drug-likeness (QED) is 0.521. The highest BCUT2D eigenvalue weighted by Gasteiger charge is 2.34. The second kappa shape index (κ2) is 11.9. The zero-order valence-electron chi connectivity index (χ0n) is 21.0. The van der Waals surface area contributed by atoms with Crippen molar-refractivity contribution in [1.82, 2.24) is 24.8 Å². The standard InChI is InChI=1S/C28H33N5O3/c1-20-15-33(21(2)18-34)28(35)25-11-23(10-9-22-7-5-4-6-8-22)14-31-27(25)36-26(20)17-32(3)16-24-12-29-19-30-13-24/h4-14,19-21,26,34H,15-18H2,1-3H3/b10-9+/t20-,21+,26-/m1/s1. The van der Waals surface area contributed by atoms with Gasteiger partial charge in [0.1, 0.15) is 18.0 Å². The van der Waals surface area contributed by atoms with Gasteiger partial charge in [-0.2, -0.15) is 0 Å². The van der Waals surface area contributed by atoms with E-state index in [0.29, 0.717) is 31.1 Å². The van der Waals surface area contributed by atoms with Crippen molar-refractivity contribution < 1.29 is 14.6 Å². The number of hydrogen-bond donors (Lipinski definition) is 1. The number of aromatic nitrogens is 3. The number of likely N-dealkylation sites (N-methyl/N-ethyl adjacent to an activating group) is 1. The summed E-state index contributed by atoms with van der Waals surface area (Å²) in [5.41, 5.74) is 3.28. The Morgan fingerprint density at radius 2 is 1.89 bits per heavy atom. The summed E-state index contributed by atoms with van der Waals surface area (Å²) in [5.74, 6) is 0.152. The maximum absolute atomic E-state index is 13.6. The van der Waals surface area contributed by atoms with Crippen LogP contribution in [-0.2, 0) is 6.54 Å². The van der Waals surface area contributed by atoms with E-state index < -0.39 is 0 Å². The Balaban J connectivity index is 1.61. The lowest BCUT2D eigenvalue weighted by molar-refractivity contribution is 0.0325. The Kier molecular flexibility index (Phi) is 8.40. The van der Waals surface area contributed by atoms with Crippen molar-refractivity contribution in [1.29, 1.82) is 0 Å². The predicted octanol–water partition coefficient (Wildman–Crippen LogP) is 3.39. The van der Waals surface area contributed by atoms with E-state index in [1.165, 1.54) is 6.33 Å². The van der Waals surface area contributed by atoms with Gasteiger partial charge < -0.3 is 14.7 Å². The summed E-state index contributed by atoms with van der Waals surface area (Å²) in [6, 6.07) is 11.5. The van der Waals surface area contributed by atoms with Crippen molar-refractivity contribution in [3.05, 3.63) is 83.6 Å². The molecule has 0 spiro atoms. The molecule has 188 valence electrons. The first kappa shape index (κ1) is 25.5. The van der Waals surface area contributed by atoms with Crippen molar-refractivity contribution in [3.8, 4) is 5.88 Å². The summed E-state index contributed by atoms with van der Waals surface area (Å²) in [5, 5.41) is 9.87. The van der Waals surface area contributed by atoms with E-state index in [-0.39, 0.29) is 30.6 Å². The van der Waals surface area contributed by atoms with Crippen molar-refractivity contribution in [2.45, 2.75) is 32.5 Å². The Bertz CT molecular complexity index is 1170. The van der Waals surface area contributed by atoms with Crippen molar-refractivity contribution >= 4 is 18.1 Å². The maximum atomic E-state index is 13.6. The van der Waals surface area contributed by atoms with Gasteiger partial charge in [-0.05, 0) is 31.2 Å². The number of aliphatic hydroxyl groups excluding tert-OH is 1. The Morgan fingerprint density at radius 3 is 2.61 bits per heavy atom. The molecule has 3 aromatic rings. The van der Waals surface area contributed by atoms with Gasteiger partial charge >= 0.3 is 0 Å². The van der Waals surface area contributed by atoms with Gasteiger partial charge in [0.25, 0.3) is 5.91 Å². The van der Waals surface area contributed by atoms with Crippen LogP contribution in [0.4, 0.5) is 0 Å². The molecule has 1 N–H and O–H groups in total. The van der Waals surface area contributed by atoms with Crippen LogP contribution in [0.2, 0.25) is 0 Å². The lowest BCUT2D eigenvalue weighted by Crippen LogP contribution is -2.49. The number of fused-ring (bicyclic) bond motifs is 1. The molecular weight excluding hydrogens is 454 g/mol. The number of nitrogens with zero attached hydrogens (tertiary/aromatic N) is 5. The number of carbonyl (C=O) groups excluding carboxylic acids is 1. The second-order valence-electron chi connectivity index (χ2n) is 9.43. The molecule has 0 saturated carbocycles. The number of aliphatic hydroxyl groups is 1. The number of rotatable bonds is 8. The van der Waals surface area contributed by atoms with Crippen LogP contribution in [-0.4, -0.2) is 74.7 Å². The highest BCUT2D eigenvalue weighted by atomic mass is 16.5. The highest BCUT2D eigenvalue weighted by Crippen LogP contribution is 2.28. The smallest absolute Gasteiger partial charge is 0.259 e. The Hall–Kier alpha value is -3.62. The number of amides is 1. The first-order chi connectivity index (χ1) is 17.4. The zero-order chi connectivity index (χ0) is 25.5. The molecule has 1 aliphatic rings. The number of hydrogen-bond acceptors (Lipinski definition) is 7. The van der Waals surface area contributed by atoms with Crippen molar-refractivity contribution in [3.63, 3.8) is 0 Å². The average Bonchev–Trinajstić information content (AvgIpc) is 2.90. The molecule has 3 atom stereocenters. The Labute approximate surface area is 212 Å². The molecule has 1 aromatic carbocycles. The molecule has 8 nitrogen and oxygen atoms in total. The molecular formula is C28H33N5O3. The zero-order valence-corrected chi connectivity index (χ0v) is 21.0.